The maximum Gasteiger partial charge on any atom is 0.573 e. The highest BCUT2D eigenvalue weighted by Crippen LogP contribution is 2.35. The summed E-state index contributed by atoms with van der Waals surface area (Å²) < 4.78 is 69.9. The Balaban J connectivity index is 1.85. The summed E-state index contributed by atoms with van der Waals surface area (Å²) in [5.74, 6) is -0.750. The third kappa shape index (κ3) is 5.04. The van der Waals surface area contributed by atoms with E-state index in [-0.39, 0.29) is 23.6 Å². The normalized spacial score (nSPS) is 18.7. The minimum absolute atomic E-state index is 0.149. The molecule has 2 aromatic carbocycles. The van der Waals surface area contributed by atoms with E-state index in [1.807, 2.05) is 38.1 Å². The van der Waals surface area contributed by atoms with Crippen LogP contribution in [-0.2, 0) is 10.0 Å². The summed E-state index contributed by atoms with van der Waals surface area (Å²) >= 11 is 3.05. The third-order valence-electron chi connectivity index (χ3n) is 4.71. The third-order valence-corrected chi connectivity index (χ3v) is 7.10. The van der Waals surface area contributed by atoms with E-state index in [9.17, 15) is 21.6 Å². The van der Waals surface area contributed by atoms with Crippen molar-refractivity contribution in [2.24, 2.45) is 0 Å². The zero-order chi connectivity index (χ0) is 21.4. The van der Waals surface area contributed by atoms with Crippen LogP contribution in [-0.4, -0.2) is 44.8 Å². The highest BCUT2D eigenvalue weighted by atomic mass is 79.9. The van der Waals surface area contributed by atoms with Crippen LogP contribution in [0.4, 0.5) is 18.9 Å². The molecule has 29 heavy (non-hydrogen) atoms. The molecule has 0 N–H and O–H groups in total. The first kappa shape index (κ1) is 21.9. The Morgan fingerprint density at radius 1 is 1.10 bits per heavy atom. The van der Waals surface area contributed by atoms with Crippen LogP contribution in [0.5, 0.6) is 5.75 Å². The number of nitrogens with zero attached hydrogens (tertiary/aromatic N) is 2. The maximum atomic E-state index is 13.1. The maximum absolute atomic E-state index is 13.1. The van der Waals surface area contributed by atoms with Crippen LogP contribution in [0.1, 0.15) is 12.5 Å². The molecule has 2 aromatic rings. The standard InChI is InChI=1S/C19H20BrF3N2O3S/c1-13-3-6-16(7-4-13)25-10-9-24(12-14(25)2)29(26,27)18-8-5-15(20)11-17(18)28-19(21,22)23/h3-8,11,14H,9-10,12H2,1-2H3. The lowest BCUT2D eigenvalue weighted by molar-refractivity contribution is -0.275. The fourth-order valence-electron chi connectivity index (χ4n) is 3.30. The first-order valence-electron chi connectivity index (χ1n) is 8.86. The van der Waals surface area contributed by atoms with Gasteiger partial charge >= 0.3 is 6.36 Å². The molecule has 10 heteroatoms. The zero-order valence-electron chi connectivity index (χ0n) is 15.8. The van der Waals surface area contributed by atoms with Crippen molar-refractivity contribution in [1.29, 1.82) is 0 Å². The number of hydrogen-bond donors (Lipinski definition) is 0. The van der Waals surface area contributed by atoms with E-state index >= 15 is 0 Å². The lowest BCUT2D eigenvalue weighted by Gasteiger charge is -2.40. The van der Waals surface area contributed by atoms with Gasteiger partial charge in [0.05, 0.1) is 0 Å². The van der Waals surface area contributed by atoms with Crippen molar-refractivity contribution >= 4 is 31.6 Å². The molecule has 1 unspecified atom stereocenters. The van der Waals surface area contributed by atoms with Gasteiger partial charge in [-0.05, 0) is 44.2 Å². The predicted molar refractivity (Wildman–Crippen MR) is 108 cm³/mol. The molecule has 1 aliphatic heterocycles. The predicted octanol–water partition coefficient (Wildman–Crippen LogP) is 4.56. The van der Waals surface area contributed by atoms with Crippen LogP contribution in [0.15, 0.2) is 51.8 Å². The van der Waals surface area contributed by atoms with Crippen molar-refractivity contribution in [3.63, 3.8) is 0 Å². The van der Waals surface area contributed by atoms with Crippen LogP contribution >= 0.6 is 15.9 Å². The molecular weight excluding hydrogens is 473 g/mol. The van der Waals surface area contributed by atoms with Gasteiger partial charge in [0.2, 0.25) is 10.0 Å². The zero-order valence-corrected chi connectivity index (χ0v) is 18.2. The largest absolute Gasteiger partial charge is 0.573 e. The number of rotatable bonds is 4. The van der Waals surface area contributed by atoms with Crippen LogP contribution < -0.4 is 9.64 Å². The van der Waals surface area contributed by atoms with Gasteiger partial charge in [-0.3, -0.25) is 0 Å². The second-order valence-corrected chi connectivity index (χ2v) is 9.70. The SMILES string of the molecule is Cc1ccc(N2CCN(S(=O)(=O)c3ccc(Br)cc3OC(F)(F)F)CC2C)cc1. The summed E-state index contributed by atoms with van der Waals surface area (Å²) in [4.78, 5) is 1.58. The van der Waals surface area contributed by atoms with Crippen molar-refractivity contribution in [2.45, 2.75) is 31.1 Å². The van der Waals surface area contributed by atoms with Crippen LogP contribution in [0.2, 0.25) is 0 Å². The van der Waals surface area contributed by atoms with Crippen molar-refractivity contribution in [1.82, 2.24) is 4.31 Å². The summed E-state index contributed by atoms with van der Waals surface area (Å²) in [5, 5.41) is 0. The van der Waals surface area contributed by atoms with Crippen molar-refractivity contribution < 1.29 is 26.3 Å². The molecular formula is C19H20BrF3N2O3S. The molecule has 1 aliphatic rings. The molecule has 0 aliphatic carbocycles. The smallest absolute Gasteiger partial charge is 0.404 e. The Morgan fingerprint density at radius 3 is 2.34 bits per heavy atom. The van der Waals surface area contributed by atoms with Crippen molar-refractivity contribution in [3.05, 3.63) is 52.5 Å². The summed E-state index contributed by atoms with van der Waals surface area (Å²) in [6.45, 7) is 4.60. The van der Waals surface area contributed by atoms with Gasteiger partial charge in [-0.1, -0.05) is 33.6 Å². The second kappa shape index (κ2) is 8.16. The summed E-state index contributed by atoms with van der Waals surface area (Å²) in [5.41, 5.74) is 2.10. The topological polar surface area (TPSA) is 49.9 Å². The molecule has 0 aromatic heterocycles. The number of anilines is 1. The number of aryl methyl sites for hydroxylation is 1. The Kier molecular flexibility index (Phi) is 6.16. The van der Waals surface area contributed by atoms with Crippen molar-refractivity contribution in [3.8, 4) is 5.75 Å². The fraction of sp³-hybridized carbons (Fsp3) is 0.368. The van der Waals surface area contributed by atoms with Crippen LogP contribution in [0.3, 0.4) is 0 Å². The molecule has 1 fully saturated rings. The van der Waals surface area contributed by atoms with E-state index < -0.39 is 27.0 Å². The van der Waals surface area contributed by atoms with Gasteiger partial charge in [0.25, 0.3) is 0 Å². The fourth-order valence-corrected chi connectivity index (χ4v) is 5.25. The van der Waals surface area contributed by atoms with Gasteiger partial charge in [0, 0.05) is 35.8 Å². The first-order chi connectivity index (χ1) is 13.5. The molecule has 0 saturated carbocycles. The minimum Gasteiger partial charge on any atom is -0.404 e. The van der Waals surface area contributed by atoms with E-state index in [2.05, 4.69) is 25.6 Å². The monoisotopic (exact) mass is 492 g/mol. The number of halogens is 4. The van der Waals surface area contributed by atoms with E-state index in [1.54, 1.807) is 0 Å². The van der Waals surface area contributed by atoms with Gasteiger partial charge in [0.15, 0.2) is 5.75 Å². The van der Waals surface area contributed by atoms with E-state index in [0.717, 1.165) is 23.4 Å². The lowest BCUT2D eigenvalue weighted by Crippen LogP contribution is -2.53. The molecule has 3 rings (SSSR count). The number of alkyl halides is 3. The lowest BCUT2D eigenvalue weighted by atomic mass is 10.1. The van der Waals surface area contributed by atoms with Gasteiger partial charge in [-0.25, -0.2) is 8.42 Å². The van der Waals surface area contributed by atoms with E-state index in [4.69, 9.17) is 0 Å². The molecule has 0 spiro atoms. The van der Waals surface area contributed by atoms with Crippen LogP contribution in [0.25, 0.3) is 0 Å². The molecule has 0 bridgehead atoms. The molecule has 158 valence electrons. The molecule has 5 nitrogen and oxygen atoms in total. The summed E-state index contributed by atoms with van der Waals surface area (Å²) in [6, 6.07) is 11.3. The van der Waals surface area contributed by atoms with Gasteiger partial charge in [-0.15, -0.1) is 13.2 Å². The minimum atomic E-state index is -5.00. The number of sulfonamides is 1. The average Bonchev–Trinajstić information content (AvgIpc) is 2.61. The highest BCUT2D eigenvalue weighted by molar-refractivity contribution is 9.10. The Morgan fingerprint density at radius 2 is 1.76 bits per heavy atom. The van der Waals surface area contributed by atoms with E-state index in [1.165, 1.54) is 10.4 Å². The Labute approximate surface area is 176 Å². The average molecular weight is 493 g/mol. The Hall–Kier alpha value is -1.78. The number of piperazine rings is 1. The summed E-state index contributed by atoms with van der Waals surface area (Å²) in [7, 11) is -4.17. The van der Waals surface area contributed by atoms with E-state index in [0.29, 0.717) is 6.54 Å². The van der Waals surface area contributed by atoms with Gasteiger partial charge in [-0.2, -0.15) is 4.31 Å². The second-order valence-electron chi connectivity index (χ2n) is 6.88. The highest BCUT2D eigenvalue weighted by Gasteiger charge is 2.38. The summed E-state index contributed by atoms with van der Waals surface area (Å²) in [6.07, 6.45) is -5.00. The number of hydrogen-bond acceptors (Lipinski definition) is 4. The molecule has 0 radical (unpaired) electrons. The van der Waals surface area contributed by atoms with Gasteiger partial charge < -0.3 is 9.64 Å². The van der Waals surface area contributed by atoms with Crippen molar-refractivity contribution in [2.75, 3.05) is 24.5 Å². The molecule has 1 saturated heterocycles. The quantitative estimate of drug-likeness (QED) is 0.627. The number of ether oxygens (including phenoxy) is 1. The molecule has 1 atom stereocenters. The molecule has 1 heterocycles. The first-order valence-corrected chi connectivity index (χ1v) is 11.1. The number of benzene rings is 2. The molecule has 0 amide bonds. The Bertz CT molecular complexity index is 981. The van der Waals surface area contributed by atoms with Gasteiger partial charge in [0.1, 0.15) is 4.90 Å². The van der Waals surface area contributed by atoms with Crippen LogP contribution in [0, 0.1) is 6.92 Å².